The van der Waals surface area contributed by atoms with Crippen LogP contribution in [-0.2, 0) is 19.3 Å². The fourth-order valence-corrected chi connectivity index (χ4v) is 3.92. The number of fused-ring (bicyclic) bond motifs is 1. The Morgan fingerprint density at radius 2 is 1.16 bits per heavy atom. The maximum absolute atomic E-state index is 11.0. The van der Waals surface area contributed by atoms with Gasteiger partial charge in [0, 0.05) is 25.5 Å². The lowest BCUT2D eigenvalue weighted by Gasteiger charge is -2.08. The lowest BCUT2D eigenvalue weighted by Crippen LogP contribution is -2.03. The number of hydrogen-bond acceptors (Lipinski definition) is 4. The molecule has 5 aromatic rings. The molecule has 5 rings (SSSR count). The Kier molecular flexibility index (Phi) is 5.30. The van der Waals surface area contributed by atoms with E-state index in [0.29, 0.717) is 30.6 Å². The number of benzene rings is 3. The number of imidazole rings is 1. The average molecular weight is 422 g/mol. The first-order valence-electron chi connectivity index (χ1n) is 10.6. The molecule has 5 heteroatoms. The molecule has 32 heavy (non-hydrogen) atoms. The van der Waals surface area contributed by atoms with Crippen molar-refractivity contribution in [2.75, 3.05) is 0 Å². The maximum Gasteiger partial charge on any atom is 0.219 e. The summed E-state index contributed by atoms with van der Waals surface area (Å²) in [5.41, 5.74) is 6.22. The van der Waals surface area contributed by atoms with Gasteiger partial charge in [-0.05, 0) is 28.8 Å². The van der Waals surface area contributed by atoms with E-state index in [-0.39, 0.29) is 11.6 Å². The van der Waals surface area contributed by atoms with Crippen LogP contribution in [0.1, 0.15) is 33.8 Å². The van der Waals surface area contributed by atoms with E-state index < -0.39 is 0 Å². The summed E-state index contributed by atoms with van der Waals surface area (Å²) in [7, 11) is 0. The molecule has 3 aromatic carbocycles. The summed E-state index contributed by atoms with van der Waals surface area (Å²) in [4.78, 5) is 9.70. The second-order valence-electron chi connectivity index (χ2n) is 7.92. The Morgan fingerprint density at radius 1 is 0.594 bits per heavy atom. The number of aromatic hydroxyl groups is 2. The van der Waals surface area contributed by atoms with Crippen LogP contribution in [0, 0.1) is 0 Å². The Morgan fingerprint density at radius 3 is 1.81 bits per heavy atom. The highest BCUT2D eigenvalue weighted by molar-refractivity contribution is 5.53. The van der Waals surface area contributed by atoms with Crippen molar-refractivity contribution in [3.05, 3.63) is 125 Å². The third-order valence-corrected chi connectivity index (χ3v) is 5.52. The zero-order chi connectivity index (χ0) is 21.9. The Hall–Kier alpha value is -4.12. The van der Waals surface area contributed by atoms with E-state index in [1.807, 2.05) is 54.7 Å². The lowest BCUT2D eigenvalue weighted by molar-refractivity contribution is 0.442. The van der Waals surface area contributed by atoms with Crippen LogP contribution in [0.2, 0.25) is 0 Å². The molecule has 0 spiro atoms. The van der Waals surface area contributed by atoms with Gasteiger partial charge in [0.25, 0.3) is 0 Å². The topological polar surface area (TPSA) is 70.7 Å². The molecule has 0 atom stereocenters. The minimum atomic E-state index is 0.124. The molecular weight excluding hydrogens is 398 g/mol. The molecule has 0 fully saturated rings. The Labute approximate surface area is 186 Å². The first-order chi connectivity index (χ1) is 15.7. The zero-order valence-corrected chi connectivity index (χ0v) is 17.5. The molecule has 0 aliphatic carbocycles. The van der Waals surface area contributed by atoms with E-state index in [0.717, 1.165) is 28.1 Å². The quantitative estimate of drug-likeness (QED) is 0.409. The first-order valence-corrected chi connectivity index (χ1v) is 10.6. The number of nitrogens with zero attached hydrogens (tertiary/aromatic N) is 3. The van der Waals surface area contributed by atoms with E-state index in [9.17, 15) is 10.2 Å². The number of phenolic OH excluding ortho intramolecular Hbond substituents is 1. The van der Waals surface area contributed by atoms with Crippen LogP contribution in [0.4, 0.5) is 0 Å². The van der Waals surface area contributed by atoms with Crippen LogP contribution in [0.15, 0.2) is 91.1 Å². The average Bonchev–Trinajstić information content (AvgIpc) is 3.12. The maximum atomic E-state index is 11.0. The molecule has 0 radical (unpaired) electrons. The van der Waals surface area contributed by atoms with E-state index in [2.05, 4.69) is 24.3 Å². The van der Waals surface area contributed by atoms with E-state index in [1.54, 1.807) is 16.5 Å². The molecule has 0 bridgehead atoms. The van der Waals surface area contributed by atoms with Gasteiger partial charge >= 0.3 is 0 Å². The van der Waals surface area contributed by atoms with Crippen molar-refractivity contribution in [3.63, 3.8) is 0 Å². The van der Waals surface area contributed by atoms with Gasteiger partial charge in [0.15, 0.2) is 5.65 Å². The fourth-order valence-electron chi connectivity index (χ4n) is 3.92. The molecule has 2 N–H and O–H groups in total. The summed E-state index contributed by atoms with van der Waals surface area (Å²) in [5, 5.41) is 20.6. The molecule has 5 nitrogen and oxygen atoms in total. The van der Waals surface area contributed by atoms with Crippen LogP contribution < -0.4 is 0 Å². The fraction of sp³-hybridized carbons (Fsp3) is 0.111. The predicted octanol–water partition coefficient (Wildman–Crippen LogP) is 4.91. The van der Waals surface area contributed by atoms with Gasteiger partial charge in [-0.3, -0.25) is 9.38 Å². The van der Waals surface area contributed by atoms with Gasteiger partial charge in [0.05, 0.1) is 11.4 Å². The molecule has 2 aromatic heterocycles. The van der Waals surface area contributed by atoms with E-state index in [4.69, 9.17) is 9.97 Å². The van der Waals surface area contributed by atoms with Crippen molar-refractivity contribution < 1.29 is 10.2 Å². The summed E-state index contributed by atoms with van der Waals surface area (Å²) in [6.07, 6.45) is 3.64. The van der Waals surface area contributed by atoms with Crippen molar-refractivity contribution in [1.29, 1.82) is 0 Å². The normalized spacial score (nSPS) is 11.1. The highest BCUT2D eigenvalue weighted by Crippen LogP contribution is 2.26. The minimum Gasteiger partial charge on any atom is -0.508 e. The van der Waals surface area contributed by atoms with Gasteiger partial charge in [-0.1, -0.05) is 72.8 Å². The van der Waals surface area contributed by atoms with E-state index in [1.165, 1.54) is 0 Å². The second-order valence-corrected chi connectivity index (χ2v) is 7.92. The smallest absolute Gasteiger partial charge is 0.219 e. The van der Waals surface area contributed by atoms with Crippen molar-refractivity contribution in [2.24, 2.45) is 0 Å². The van der Waals surface area contributed by atoms with Gasteiger partial charge in [0.2, 0.25) is 5.88 Å². The first kappa shape index (κ1) is 19.8. The van der Waals surface area contributed by atoms with Crippen LogP contribution in [-0.4, -0.2) is 24.6 Å². The van der Waals surface area contributed by atoms with Crippen molar-refractivity contribution in [1.82, 2.24) is 14.4 Å². The molecular formula is C27H23N3O2. The molecule has 0 aliphatic heterocycles. The number of rotatable bonds is 6. The third-order valence-electron chi connectivity index (χ3n) is 5.52. The van der Waals surface area contributed by atoms with Crippen molar-refractivity contribution in [2.45, 2.75) is 19.3 Å². The van der Waals surface area contributed by atoms with Crippen LogP contribution in [0.5, 0.6) is 11.6 Å². The third kappa shape index (κ3) is 4.18. The molecule has 0 aliphatic rings. The lowest BCUT2D eigenvalue weighted by atomic mass is 10.1. The number of hydrogen-bond donors (Lipinski definition) is 2. The standard InChI is InChI=1S/C27H23N3O2/c31-23-13-11-21(12-14-23)17-25-27(32)30-18-22(15-19-7-3-1-4-8-19)28-24(26(30)29-25)16-20-9-5-2-6-10-20/h1-14,18,31-32H,15-17H2. The minimum absolute atomic E-state index is 0.124. The van der Waals surface area contributed by atoms with Gasteiger partial charge in [0.1, 0.15) is 11.4 Å². The Bertz CT molecular complexity index is 1350. The van der Waals surface area contributed by atoms with Crippen LogP contribution >= 0.6 is 0 Å². The monoisotopic (exact) mass is 421 g/mol. The number of aromatic nitrogens is 3. The molecule has 0 saturated carbocycles. The largest absolute Gasteiger partial charge is 0.508 e. The molecule has 2 heterocycles. The second kappa shape index (κ2) is 8.55. The predicted molar refractivity (Wildman–Crippen MR) is 124 cm³/mol. The van der Waals surface area contributed by atoms with Crippen LogP contribution in [0.25, 0.3) is 5.65 Å². The molecule has 158 valence electrons. The van der Waals surface area contributed by atoms with Crippen molar-refractivity contribution in [3.8, 4) is 11.6 Å². The van der Waals surface area contributed by atoms with Crippen LogP contribution in [0.3, 0.4) is 0 Å². The highest BCUT2D eigenvalue weighted by atomic mass is 16.3. The van der Waals surface area contributed by atoms with E-state index >= 15 is 0 Å². The van der Waals surface area contributed by atoms with Crippen molar-refractivity contribution >= 4 is 5.65 Å². The zero-order valence-electron chi connectivity index (χ0n) is 17.5. The summed E-state index contributed by atoms with van der Waals surface area (Å²) < 4.78 is 1.75. The van der Waals surface area contributed by atoms with Gasteiger partial charge < -0.3 is 10.2 Å². The summed E-state index contributed by atoms with van der Waals surface area (Å²) in [6.45, 7) is 0. The summed E-state index contributed by atoms with van der Waals surface area (Å²) in [6, 6.07) is 27.3. The van der Waals surface area contributed by atoms with Gasteiger partial charge in [-0.15, -0.1) is 0 Å². The highest BCUT2D eigenvalue weighted by Gasteiger charge is 2.17. The molecule has 0 unspecified atom stereocenters. The van der Waals surface area contributed by atoms with Gasteiger partial charge in [-0.2, -0.15) is 0 Å². The SMILES string of the molecule is Oc1ccc(Cc2nc3c(Cc4ccccc4)nc(Cc4ccccc4)cn3c2O)cc1. The summed E-state index contributed by atoms with van der Waals surface area (Å²) >= 11 is 0. The van der Waals surface area contributed by atoms with Gasteiger partial charge in [-0.25, -0.2) is 4.98 Å². The number of phenols is 1. The Balaban J connectivity index is 1.58. The summed E-state index contributed by atoms with van der Waals surface area (Å²) in [5.74, 6) is 0.340. The molecule has 0 saturated heterocycles. The molecule has 0 amide bonds.